The average molecular weight is 420 g/mol. The summed E-state index contributed by atoms with van der Waals surface area (Å²) in [6.07, 6.45) is 5.33. The van der Waals surface area contributed by atoms with Crippen LogP contribution in [0, 0.1) is 0 Å². The van der Waals surface area contributed by atoms with Gasteiger partial charge in [-0.25, -0.2) is 9.67 Å². The van der Waals surface area contributed by atoms with Gasteiger partial charge >= 0.3 is 0 Å². The molecule has 0 fully saturated rings. The first-order chi connectivity index (χ1) is 15.8. The van der Waals surface area contributed by atoms with Crippen LogP contribution in [-0.4, -0.2) is 20.7 Å². The van der Waals surface area contributed by atoms with Crippen LogP contribution in [0.25, 0.3) is 28.5 Å². The quantitative estimate of drug-likeness (QED) is 0.414. The predicted octanol–water partition coefficient (Wildman–Crippen LogP) is 5.12. The van der Waals surface area contributed by atoms with E-state index in [0.717, 1.165) is 16.8 Å². The molecule has 5 aromatic rings. The normalized spacial score (nSPS) is 10.8. The van der Waals surface area contributed by atoms with Crippen LogP contribution in [0.2, 0.25) is 0 Å². The van der Waals surface area contributed by atoms with E-state index in [0.29, 0.717) is 29.3 Å². The summed E-state index contributed by atoms with van der Waals surface area (Å²) in [7, 11) is 0. The van der Waals surface area contributed by atoms with Gasteiger partial charge in [0.15, 0.2) is 5.76 Å². The lowest BCUT2D eigenvalue weighted by Crippen LogP contribution is -2.23. The summed E-state index contributed by atoms with van der Waals surface area (Å²) >= 11 is 0. The number of hydrogen-bond acceptors (Lipinski definition) is 4. The molecule has 3 aromatic carbocycles. The van der Waals surface area contributed by atoms with Crippen LogP contribution in [0.5, 0.6) is 0 Å². The molecule has 1 N–H and O–H groups in total. The maximum Gasteiger partial charge on any atom is 0.252 e. The van der Waals surface area contributed by atoms with Gasteiger partial charge in [-0.2, -0.15) is 5.10 Å². The van der Waals surface area contributed by atoms with Crippen molar-refractivity contribution in [2.24, 2.45) is 0 Å². The Bertz CT molecular complexity index is 1340. The highest BCUT2D eigenvalue weighted by molar-refractivity contribution is 6.00. The Labute approximate surface area is 185 Å². The first-order valence-corrected chi connectivity index (χ1v) is 10.3. The molecule has 0 radical (unpaired) electrons. The first kappa shape index (κ1) is 19.5. The maximum absolute atomic E-state index is 13.0. The molecule has 0 saturated carbocycles. The molecule has 6 heteroatoms. The smallest absolute Gasteiger partial charge is 0.252 e. The van der Waals surface area contributed by atoms with Crippen LogP contribution in [0.1, 0.15) is 15.9 Å². The van der Waals surface area contributed by atoms with E-state index in [-0.39, 0.29) is 5.91 Å². The molecule has 0 bridgehead atoms. The lowest BCUT2D eigenvalue weighted by Gasteiger charge is -2.07. The molecule has 2 aromatic heterocycles. The molecule has 6 nitrogen and oxygen atoms in total. The zero-order chi connectivity index (χ0) is 21.8. The van der Waals surface area contributed by atoms with E-state index in [1.165, 1.54) is 0 Å². The molecule has 5 rings (SSSR count). The molecule has 0 saturated heterocycles. The summed E-state index contributed by atoms with van der Waals surface area (Å²) in [5.41, 5.74) is 3.95. The number of oxazole rings is 1. The van der Waals surface area contributed by atoms with Crippen molar-refractivity contribution >= 4 is 5.91 Å². The summed E-state index contributed by atoms with van der Waals surface area (Å²) < 4.78 is 7.74. The highest BCUT2D eigenvalue weighted by Gasteiger charge is 2.17. The van der Waals surface area contributed by atoms with Gasteiger partial charge in [0.1, 0.15) is 0 Å². The number of hydrogen-bond donors (Lipinski definition) is 1. The lowest BCUT2D eigenvalue weighted by molar-refractivity contribution is 0.0951. The number of carbonyl (C=O) groups excluding carboxylic acids is 1. The Balaban J connectivity index is 1.33. The third-order valence-corrected chi connectivity index (χ3v) is 5.08. The predicted molar refractivity (Wildman–Crippen MR) is 122 cm³/mol. The molecule has 0 aliphatic rings. The largest absolute Gasteiger partial charge is 0.436 e. The van der Waals surface area contributed by atoms with Crippen molar-refractivity contribution in [3.05, 3.63) is 115 Å². The second-order valence-electron chi connectivity index (χ2n) is 7.25. The van der Waals surface area contributed by atoms with Crippen molar-refractivity contribution in [3.63, 3.8) is 0 Å². The van der Waals surface area contributed by atoms with Gasteiger partial charge in [0.05, 0.1) is 23.6 Å². The number of nitrogens with one attached hydrogen (secondary N) is 1. The van der Waals surface area contributed by atoms with E-state index < -0.39 is 0 Å². The van der Waals surface area contributed by atoms with Crippen LogP contribution >= 0.6 is 0 Å². The number of carbonyl (C=O) groups is 1. The summed E-state index contributed by atoms with van der Waals surface area (Å²) in [5.74, 6) is 0.864. The van der Waals surface area contributed by atoms with Crippen LogP contribution in [0.15, 0.2) is 108 Å². The summed E-state index contributed by atoms with van der Waals surface area (Å²) in [5, 5.41) is 7.34. The van der Waals surface area contributed by atoms with E-state index in [2.05, 4.69) is 15.4 Å². The van der Waals surface area contributed by atoms with Crippen molar-refractivity contribution < 1.29 is 9.21 Å². The SMILES string of the molecule is O=C(NCc1cnn(-c2ccccc2)c1)c1ccccc1-c1ncc(-c2ccccc2)o1. The Morgan fingerprint density at radius 1 is 0.875 bits per heavy atom. The van der Waals surface area contributed by atoms with Gasteiger partial charge in [-0.05, 0) is 24.3 Å². The summed E-state index contributed by atoms with van der Waals surface area (Å²) in [6, 6.07) is 26.9. The van der Waals surface area contributed by atoms with E-state index in [1.807, 2.05) is 85.1 Å². The Morgan fingerprint density at radius 3 is 2.41 bits per heavy atom. The van der Waals surface area contributed by atoms with Gasteiger partial charge in [0, 0.05) is 29.4 Å². The second kappa shape index (κ2) is 8.73. The molecular weight excluding hydrogens is 400 g/mol. The number of rotatable bonds is 6. The Kier molecular flexibility index (Phi) is 5.32. The highest BCUT2D eigenvalue weighted by atomic mass is 16.4. The average Bonchev–Trinajstić information content (AvgIpc) is 3.54. The molecule has 0 aliphatic heterocycles. The summed E-state index contributed by atoms with van der Waals surface area (Å²) in [6.45, 7) is 0.362. The fraction of sp³-hybridized carbons (Fsp3) is 0.0385. The molecule has 32 heavy (non-hydrogen) atoms. The van der Waals surface area contributed by atoms with Crippen molar-refractivity contribution in [2.75, 3.05) is 0 Å². The van der Waals surface area contributed by atoms with E-state index in [9.17, 15) is 4.79 Å². The van der Waals surface area contributed by atoms with Crippen molar-refractivity contribution in [1.82, 2.24) is 20.1 Å². The van der Waals surface area contributed by atoms with Crippen molar-refractivity contribution in [2.45, 2.75) is 6.54 Å². The molecule has 0 atom stereocenters. The molecule has 1 amide bonds. The number of nitrogens with zero attached hydrogens (tertiary/aromatic N) is 3. The minimum absolute atomic E-state index is 0.201. The molecule has 0 aliphatic carbocycles. The summed E-state index contributed by atoms with van der Waals surface area (Å²) in [4.78, 5) is 17.4. The fourth-order valence-corrected chi connectivity index (χ4v) is 3.45. The number of amides is 1. The van der Waals surface area contributed by atoms with Gasteiger partial charge in [-0.3, -0.25) is 4.79 Å². The zero-order valence-electron chi connectivity index (χ0n) is 17.2. The van der Waals surface area contributed by atoms with Gasteiger partial charge < -0.3 is 9.73 Å². The standard InChI is InChI=1S/C26H20N4O2/c31-25(27-15-19-16-29-30(18-19)21-11-5-2-6-12-21)22-13-7-8-14-23(22)26-28-17-24(32-26)20-9-3-1-4-10-20/h1-14,16-18H,15H2,(H,27,31). The van der Waals surface area contributed by atoms with Crippen LogP contribution in [0.3, 0.4) is 0 Å². The van der Waals surface area contributed by atoms with Crippen LogP contribution in [0.4, 0.5) is 0 Å². The molecule has 2 heterocycles. The Hall–Kier alpha value is -4.45. The van der Waals surface area contributed by atoms with Gasteiger partial charge in [0.2, 0.25) is 5.89 Å². The van der Waals surface area contributed by atoms with Gasteiger partial charge in [-0.15, -0.1) is 0 Å². The van der Waals surface area contributed by atoms with E-state index in [1.54, 1.807) is 23.1 Å². The highest BCUT2D eigenvalue weighted by Crippen LogP contribution is 2.28. The Morgan fingerprint density at radius 2 is 1.59 bits per heavy atom. The number of aromatic nitrogens is 3. The zero-order valence-corrected chi connectivity index (χ0v) is 17.2. The maximum atomic E-state index is 13.0. The topological polar surface area (TPSA) is 73.0 Å². The fourth-order valence-electron chi connectivity index (χ4n) is 3.45. The van der Waals surface area contributed by atoms with Crippen molar-refractivity contribution in [1.29, 1.82) is 0 Å². The third kappa shape index (κ3) is 4.06. The molecular formula is C26H20N4O2. The second-order valence-corrected chi connectivity index (χ2v) is 7.25. The van der Waals surface area contributed by atoms with E-state index in [4.69, 9.17) is 4.42 Å². The molecule has 0 unspecified atom stereocenters. The van der Waals surface area contributed by atoms with Crippen LogP contribution < -0.4 is 5.32 Å². The van der Waals surface area contributed by atoms with Crippen molar-refractivity contribution in [3.8, 4) is 28.5 Å². The first-order valence-electron chi connectivity index (χ1n) is 10.3. The molecule has 156 valence electrons. The lowest BCUT2D eigenvalue weighted by atomic mass is 10.1. The van der Waals surface area contributed by atoms with Gasteiger partial charge in [-0.1, -0.05) is 60.7 Å². The van der Waals surface area contributed by atoms with E-state index >= 15 is 0 Å². The number of para-hydroxylation sites is 1. The monoisotopic (exact) mass is 420 g/mol. The number of benzene rings is 3. The minimum atomic E-state index is -0.201. The van der Waals surface area contributed by atoms with Gasteiger partial charge in [0.25, 0.3) is 5.91 Å². The minimum Gasteiger partial charge on any atom is -0.436 e. The third-order valence-electron chi connectivity index (χ3n) is 5.08. The van der Waals surface area contributed by atoms with Crippen LogP contribution in [-0.2, 0) is 6.54 Å². The molecule has 0 spiro atoms.